The Kier molecular flexibility index (Phi) is 5.53. The van der Waals surface area contributed by atoms with Gasteiger partial charge in [0.2, 0.25) is 0 Å². The molecule has 1 N–H and O–H groups in total. The maximum Gasteiger partial charge on any atom is 0.417 e. The molecule has 0 radical (unpaired) electrons. The van der Waals surface area contributed by atoms with Crippen molar-refractivity contribution >= 4 is 40.4 Å². The average molecular weight is 457 g/mol. The summed E-state index contributed by atoms with van der Waals surface area (Å²) in [5, 5.41) is 18.0. The Morgan fingerprint density at radius 3 is 2.41 bits per heavy atom. The van der Waals surface area contributed by atoms with Gasteiger partial charge in [0, 0.05) is 16.2 Å². The summed E-state index contributed by atoms with van der Waals surface area (Å²) in [6.07, 6.45) is -0.295. The Morgan fingerprint density at radius 2 is 1.88 bits per heavy atom. The molecule has 2 aromatic rings. The molecule has 0 aromatic heterocycles. The number of nitriles is 1. The highest BCUT2D eigenvalue weighted by molar-refractivity contribution is 7.80. The first-order chi connectivity index (χ1) is 15.2. The molecule has 164 valence electrons. The van der Waals surface area contributed by atoms with Gasteiger partial charge in [-0.15, -0.1) is 0 Å². The third-order valence-corrected chi connectivity index (χ3v) is 6.42. The average Bonchev–Trinajstić information content (AvgIpc) is 3.11. The van der Waals surface area contributed by atoms with E-state index in [0.29, 0.717) is 23.4 Å². The molecule has 4 rings (SSSR count). The highest BCUT2D eigenvalue weighted by Crippen LogP contribution is 2.46. The van der Waals surface area contributed by atoms with Gasteiger partial charge in [0.05, 0.1) is 30.5 Å². The van der Waals surface area contributed by atoms with Crippen molar-refractivity contribution in [2.24, 2.45) is 0 Å². The van der Waals surface area contributed by atoms with Crippen LogP contribution in [0.25, 0.3) is 6.08 Å². The Hall–Kier alpha value is -3.22. The minimum Gasteiger partial charge on any atom is -0.392 e. The van der Waals surface area contributed by atoms with Crippen molar-refractivity contribution in [1.82, 2.24) is 0 Å². The molecule has 1 aliphatic carbocycles. The molecule has 1 spiro atoms. The van der Waals surface area contributed by atoms with Crippen LogP contribution in [-0.2, 0) is 11.0 Å². The number of thiocarbonyl (C=S) groups is 1. The normalized spacial score (nSPS) is 20.8. The highest BCUT2D eigenvalue weighted by Gasteiger charge is 2.60. The summed E-state index contributed by atoms with van der Waals surface area (Å²) >= 11 is 5.47. The number of carbonyl (C=O) groups is 1. The topological polar surface area (TPSA) is 67.6 Å². The van der Waals surface area contributed by atoms with Gasteiger partial charge in [-0.1, -0.05) is 36.5 Å². The van der Waals surface area contributed by atoms with Crippen LogP contribution < -0.4 is 9.80 Å². The van der Waals surface area contributed by atoms with E-state index in [1.54, 1.807) is 18.2 Å². The van der Waals surface area contributed by atoms with Crippen LogP contribution in [0.1, 0.15) is 29.5 Å². The SMILES string of the molecule is N#Cc1ccc(N2CN(c3ccc(C=CCO)cc3)C3(CCC3=S)C2=O)cc1C(F)(F)F. The van der Waals surface area contributed by atoms with Gasteiger partial charge >= 0.3 is 6.18 Å². The molecular weight excluding hydrogens is 439 g/mol. The van der Waals surface area contributed by atoms with Crippen molar-refractivity contribution in [2.45, 2.75) is 24.6 Å². The third-order valence-electron chi connectivity index (χ3n) is 5.88. The van der Waals surface area contributed by atoms with Gasteiger partial charge in [0.25, 0.3) is 5.91 Å². The van der Waals surface area contributed by atoms with Crippen LogP contribution in [0.2, 0.25) is 0 Å². The second-order valence-electron chi connectivity index (χ2n) is 7.60. The number of carbonyl (C=O) groups excluding carboxylic acids is 1. The molecule has 0 bridgehead atoms. The molecule has 1 amide bonds. The highest BCUT2D eigenvalue weighted by atomic mass is 32.1. The molecule has 1 atom stereocenters. The molecule has 2 aliphatic rings. The molecule has 1 saturated heterocycles. The summed E-state index contributed by atoms with van der Waals surface area (Å²) in [5.41, 5.74) is -0.991. The van der Waals surface area contributed by atoms with Crippen LogP contribution in [0.5, 0.6) is 0 Å². The Morgan fingerprint density at radius 1 is 1.19 bits per heavy atom. The summed E-state index contributed by atoms with van der Waals surface area (Å²) < 4.78 is 40.4. The van der Waals surface area contributed by atoms with Crippen molar-refractivity contribution in [2.75, 3.05) is 23.1 Å². The van der Waals surface area contributed by atoms with Crippen LogP contribution in [0.15, 0.2) is 48.5 Å². The van der Waals surface area contributed by atoms with E-state index in [2.05, 4.69) is 0 Å². The van der Waals surface area contributed by atoms with Gasteiger partial charge in [0.1, 0.15) is 0 Å². The Balaban J connectivity index is 1.73. The van der Waals surface area contributed by atoms with Crippen molar-refractivity contribution in [3.05, 3.63) is 65.2 Å². The van der Waals surface area contributed by atoms with E-state index in [4.69, 9.17) is 22.6 Å². The van der Waals surface area contributed by atoms with E-state index >= 15 is 0 Å². The number of alkyl halides is 3. The molecule has 1 saturated carbocycles. The zero-order chi connectivity index (χ0) is 23.1. The Bertz CT molecular complexity index is 1150. The van der Waals surface area contributed by atoms with Crippen LogP contribution in [0.4, 0.5) is 24.5 Å². The summed E-state index contributed by atoms with van der Waals surface area (Å²) in [5.74, 6) is -0.365. The van der Waals surface area contributed by atoms with Gasteiger partial charge < -0.3 is 10.0 Å². The van der Waals surface area contributed by atoms with E-state index in [0.717, 1.165) is 17.7 Å². The zero-order valence-electron chi connectivity index (χ0n) is 16.8. The van der Waals surface area contributed by atoms with Crippen LogP contribution in [0.3, 0.4) is 0 Å². The molecule has 32 heavy (non-hydrogen) atoms. The summed E-state index contributed by atoms with van der Waals surface area (Å²) in [6, 6.07) is 12.1. The molecular formula is C23H18F3N3O2S. The molecule has 1 unspecified atom stereocenters. The maximum atomic E-state index is 13.5. The van der Waals surface area contributed by atoms with E-state index in [9.17, 15) is 18.0 Å². The standard InChI is InChI=1S/C23H18F3N3O2S/c24-23(25,26)19-12-18(8-5-16(19)13-27)28-14-29(22(21(28)31)10-9-20(22)32)17-6-3-15(4-7-17)2-1-11-30/h1-8,12,30H,9-11,14H2. The van der Waals surface area contributed by atoms with Crippen LogP contribution in [-0.4, -0.2) is 34.7 Å². The smallest absolute Gasteiger partial charge is 0.392 e. The van der Waals surface area contributed by atoms with Crippen LogP contribution >= 0.6 is 12.2 Å². The van der Waals surface area contributed by atoms with Gasteiger partial charge in [-0.25, -0.2) is 0 Å². The number of hydrogen-bond acceptors (Lipinski definition) is 5. The summed E-state index contributed by atoms with van der Waals surface area (Å²) in [7, 11) is 0. The summed E-state index contributed by atoms with van der Waals surface area (Å²) in [4.78, 5) is 17.1. The molecule has 5 nitrogen and oxygen atoms in total. The minimum atomic E-state index is -4.72. The van der Waals surface area contributed by atoms with Crippen molar-refractivity contribution in [3.8, 4) is 6.07 Å². The first-order valence-electron chi connectivity index (χ1n) is 9.84. The largest absolute Gasteiger partial charge is 0.417 e. The third kappa shape index (κ3) is 3.45. The quantitative estimate of drug-likeness (QED) is 0.694. The van der Waals surface area contributed by atoms with Crippen molar-refractivity contribution in [3.63, 3.8) is 0 Å². The predicted molar refractivity (Wildman–Crippen MR) is 118 cm³/mol. The van der Waals surface area contributed by atoms with E-state index in [1.807, 2.05) is 29.2 Å². The monoisotopic (exact) mass is 457 g/mol. The molecule has 1 aliphatic heterocycles. The fraction of sp³-hybridized carbons (Fsp3) is 0.261. The number of hydrogen-bond donors (Lipinski definition) is 1. The van der Waals surface area contributed by atoms with Crippen molar-refractivity contribution < 1.29 is 23.1 Å². The number of amides is 1. The van der Waals surface area contributed by atoms with E-state index in [1.165, 1.54) is 11.0 Å². The van der Waals surface area contributed by atoms with Gasteiger partial charge in [-0.05, 0) is 48.7 Å². The first-order valence-corrected chi connectivity index (χ1v) is 10.2. The first kappa shape index (κ1) is 22.0. The number of halogens is 3. The van der Waals surface area contributed by atoms with Crippen molar-refractivity contribution in [1.29, 1.82) is 5.26 Å². The molecule has 2 fully saturated rings. The second-order valence-corrected chi connectivity index (χ2v) is 8.09. The Labute approximate surface area is 188 Å². The fourth-order valence-corrected chi connectivity index (χ4v) is 4.53. The lowest BCUT2D eigenvalue weighted by Crippen LogP contribution is -2.61. The molecule has 9 heteroatoms. The van der Waals surface area contributed by atoms with Gasteiger partial charge in [-0.2, -0.15) is 18.4 Å². The number of aliphatic hydroxyl groups excluding tert-OH is 1. The number of aliphatic hydroxyl groups is 1. The van der Waals surface area contributed by atoms with Gasteiger partial charge in [-0.3, -0.25) is 9.69 Å². The lowest BCUT2D eigenvalue weighted by atomic mass is 9.75. The number of anilines is 2. The fourth-order valence-electron chi connectivity index (χ4n) is 4.13. The lowest BCUT2D eigenvalue weighted by Gasteiger charge is -2.44. The second kappa shape index (κ2) is 8.04. The molecule has 1 heterocycles. The minimum absolute atomic E-state index is 0.0357. The number of rotatable bonds is 4. The van der Waals surface area contributed by atoms with E-state index < -0.39 is 22.8 Å². The predicted octanol–water partition coefficient (Wildman–Crippen LogP) is 4.30. The molecule has 2 aromatic carbocycles. The number of benzene rings is 2. The van der Waals surface area contributed by atoms with Crippen LogP contribution in [0, 0.1) is 11.3 Å². The lowest BCUT2D eigenvalue weighted by molar-refractivity contribution is -0.137. The zero-order valence-corrected chi connectivity index (χ0v) is 17.6. The summed E-state index contributed by atoms with van der Waals surface area (Å²) in [6.45, 7) is -0.0484. The maximum absolute atomic E-state index is 13.5. The van der Waals surface area contributed by atoms with E-state index in [-0.39, 0.29) is 24.9 Å². The van der Waals surface area contributed by atoms with Gasteiger partial charge in [0.15, 0.2) is 5.54 Å². The number of nitrogens with zero attached hydrogens (tertiary/aromatic N) is 3.